The second kappa shape index (κ2) is 5.52. The normalized spacial score (nSPS) is 21.0. The molecule has 5 heteroatoms. The highest BCUT2D eigenvalue weighted by atomic mass is 19.4. The van der Waals surface area contributed by atoms with Gasteiger partial charge in [0, 0.05) is 12.2 Å². The Bertz CT molecular complexity index is 487. The fraction of sp³-hybridized carbons (Fsp3) is 0.625. The van der Waals surface area contributed by atoms with Gasteiger partial charge in [-0.15, -0.1) is 0 Å². The fourth-order valence-corrected chi connectivity index (χ4v) is 2.71. The molecule has 2 N–H and O–H groups in total. The summed E-state index contributed by atoms with van der Waals surface area (Å²) >= 11 is 0. The van der Waals surface area contributed by atoms with E-state index >= 15 is 0 Å². The summed E-state index contributed by atoms with van der Waals surface area (Å²) < 4.78 is 38.7. The van der Waals surface area contributed by atoms with Gasteiger partial charge in [-0.05, 0) is 43.2 Å². The zero-order valence-electron chi connectivity index (χ0n) is 12.4. The van der Waals surface area contributed by atoms with E-state index in [4.69, 9.17) is 0 Å². The molecular weight excluding hydrogens is 279 g/mol. The molecule has 1 aromatic carbocycles. The third kappa shape index (κ3) is 4.13. The Morgan fingerprint density at radius 2 is 1.67 bits per heavy atom. The molecule has 0 spiro atoms. The van der Waals surface area contributed by atoms with Gasteiger partial charge >= 0.3 is 6.18 Å². The SMILES string of the molecule is CC1(C)CCC(O)(CNc2ccccc2C(F)(F)F)CC1. The molecule has 21 heavy (non-hydrogen) atoms. The van der Waals surface area contributed by atoms with Gasteiger partial charge in [0.05, 0.1) is 11.2 Å². The van der Waals surface area contributed by atoms with E-state index < -0.39 is 17.3 Å². The average Bonchev–Trinajstić information content (AvgIpc) is 2.40. The van der Waals surface area contributed by atoms with Crippen molar-refractivity contribution in [2.45, 2.75) is 51.3 Å². The zero-order chi connectivity index (χ0) is 15.7. The van der Waals surface area contributed by atoms with Crippen LogP contribution in [-0.4, -0.2) is 17.3 Å². The van der Waals surface area contributed by atoms with Crippen molar-refractivity contribution in [3.8, 4) is 0 Å². The molecule has 2 nitrogen and oxygen atoms in total. The molecule has 1 fully saturated rings. The predicted molar refractivity (Wildman–Crippen MR) is 77.1 cm³/mol. The van der Waals surface area contributed by atoms with Crippen molar-refractivity contribution in [2.75, 3.05) is 11.9 Å². The van der Waals surface area contributed by atoms with Crippen molar-refractivity contribution in [1.29, 1.82) is 0 Å². The van der Waals surface area contributed by atoms with E-state index in [1.54, 1.807) is 6.07 Å². The van der Waals surface area contributed by atoms with Gasteiger partial charge < -0.3 is 10.4 Å². The van der Waals surface area contributed by atoms with Gasteiger partial charge in [0.25, 0.3) is 0 Å². The van der Waals surface area contributed by atoms with Crippen molar-refractivity contribution < 1.29 is 18.3 Å². The second-order valence-electron chi connectivity index (χ2n) is 6.79. The topological polar surface area (TPSA) is 32.3 Å². The minimum Gasteiger partial charge on any atom is -0.388 e. The third-order valence-corrected chi connectivity index (χ3v) is 4.37. The number of anilines is 1. The number of benzene rings is 1. The van der Waals surface area contributed by atoms with Crippen molar-refractivity contribution in [3.63, 3.8) is 0 Å². The van der Waals surface area contributed by atoms with E-state index in [0.29, 0.717) is 12.8 Å². The highest BCUT2D eigenvalue weighted by Crippen LogP contribution is 2.41. The third-order valence-electron chi connectivity index (χ3n) is 4.37. The monoisotopic (exact) mass is 301 g/mol. The van der Waals surface area contributed by atoms with E-state index in [1.807, 2.05) is 0 Å². The Kier molecular flexibility index (Phi) is 4.24. The number of nitrogens with one attached hydrogen (secondary N) is 1. The maximum absolute atomic E-state index is 12.9. The van der Waals surface area contributed by atoms with Crippen LogP contribution in [0.25, 0.3) is 0 Å². The molecule has 1 aliphatic carbocycles. The van der Waals surface area contributed by atoms with Crippen LogP contribution in [0.2, 0.25) is 0 Å². The average molecular weight is 301 g/mol. The van der Waals surface area contributed by atoms with Crippen LogP contribution in [0.3, 0.4) is 0 Å². The Morgan fingerprint density at radius 3 is 2.24 bits per heavy atom. The highest BCUT2D eigenvalue weighted by Gasteiger charge is 2.37. The lowest BCUT2D eigenvalue weighted by atomic mass is 9.71. The van der Waals surface area contributed by atoms with Crippen molar-refractivity contribution in [2.24, 2.45) is 5.41 Å². The first kappa shape index (κ1) is 16.1. The molecule has 0 saturated heterocycles. The van der Waals surface area contributed by atoms with Gasteiger partial charge in [0.1, 0.15) is 0 Å². The largest absolute Gasteiger partial charge is 0.418 e. The van der Waals surface area contributed by atoms with E-state index in [2.05, 4.69) is 19.2 Å². The van der Waals surface area contributed by atoms with Gasteiger partial charge in [0.15, 0.2) is 0 Å². The maximum atomic E-state index is 12.9. The molecule has 0 amide bonds. The van der Waals surface area contributed by atoms with E-state index in [1.165, 1.54) is 12.1 Å². The van der Waals surface area contributed by atoms with Crippen LogP contribution in [-0.2, 0) is 6.18 Å². The van der Waals surface area contributed by atoms with Crippen LogP contribution in [0.15, 0.2) is 24.3 Å². The first-order valence-corrected chi connectivity index (χ1v) is 7.24. The van der Waals surface area contributed by atoms with Crippen LogP contribution >= 0.6 is 0 Å². The Hall–Kier alpha value is -1.23. The lowest BCUT2D eigenvalue weighted by Crippen LogP contribution is -2.42. The fourth-order valence-electron chi connectivity index (χ4n) is 2.71. The molecule has 1 saturated carbocycles. The Balaban J connectivity index is 2.04. The molecule has 0 radical (unpaired) electrons. The number of hydrogen-bond acceptors (Lipinski definition) is 2. The summed E-state index contributed by atoms with van der Waals surface area (Å²) in [5, 5.41) is 13.3. The van der Waals surface area contributed by atoms with E-state index in [9.17, 15) is 18.3 Å². The zero-order valence-corrected chi connectivity index (χ0v) is 12.4. The molecule has 0 aromatic heterocycles. The number of halogens is 3. The number of para-hydroxylation sites is 1. The highest BCUT2D eigenvalue weighted by molar-refractivity contribution is 5.52. The Morgan fingerprint density at radius 1 is 1.10 bits per heavy atom. The predicted octanol–water partition coefficient (Wildman–Crippen LogP) is 4.45. The van der Waals surface area contributed by atoms with E-state index in [-0.39, 0.29) is 17.6 Å². The molecule has 0 bridgehead atoms. The molecule has 1 aliphatic rings. The molecule has 0 aliphatic heterocycles. The summed E-state index contributed by atoms with van der Waals surface area (Å²) in [6, 6.07) is 5.38. The van der Waals surface area contributed by atoms with Gasteiger partial charge in [-0.2, -0.15) is 13.2 Å². The molecule has 0 heterocycles. The first-order valence-electron chi connectivity index (χ1n) is 7.24. The molecule has 118 valence electrons. The van der Waals surface area contributed by atoms with Gasteiger partial charge in [-0.3, -0.25) is 0 Å². The number of rotatable bonds is 3. The molecule has 1 aromatic rings. The minimum atomic E-state index is -4.39. The summed E-state index contributed by atoms with van der Waals surface area (Å²) in [5.41, 5.74) is -1.38. The summed E-state index contributed by atoms with van der Waals surface area (Å²) in [5.74, 6) is 0. The standard InChI is InChI=1S/C16H22F3NO/c1-14(2)7-9-15(21,10-8-14)11-20-13-6-4-3-5-12(13)16(17,18)19/h3-6,20-21H,7-11H2,1-2H3. The van der Waals surface area contributed by atoms with Crippen LogP contribution in [0.4, 0.5) is 18.9 Å². The number of aliphatic hydroxyl groups is 1. The Labute approximate surface area is 123 Å². The summed E-state index contributed by atoms with van der Waals surface area (Å²) in [7, 11) is 0. The smallest absolute Gasteiger partial charge is 0.388 e. The second-order valence-corrected chi connectivity index (χ2v) is 6.79. The molecule has 0 unspecified atom stereocenters. The van der Waals surface area contributed by atoms with Crippen molar-refractivity contribution in [1.82, 2.24) is 0 Å². The van der Waals surface area contributed by atoms with Gasteiger partial charge in [-0.1, -0.05) is 26.0 Å². The first-order chi connectivity index (χ1) is 9.61. The lowest BCUT2D eigenvalue weighted by Gasteiger charge is -2.40. The molecule has 0 atom stereocenters. The molecular formula is C16H22F3NO. The van der Waals surface area contributed by atoms with Crippen molar-refractivity contribution >= 4 is 5.69 Å². The van der Waals surface area contributed by atoms with Crippen LogP contribution in [0.5, 0.6) is 0 Å². The molecule has 2 rings (SSSR count). The van der Waals surface area contributed by atoms with E-state index in [0.717, 1.165) is 18.9 Å². The number of alkyl halides is 3. The van der Waals surface area contributed by atoms with Gasteiger partial charge in [-0.25, -0.2) is 0 Å². The van der Waals surface area contributed by atoms with Crippen LogP contribution in [0, 0.1) is 5.41 Å². The number of hydrogen-bond donors (Lipinski definition) is 2. The summed E-state index contributed by atoms with van der Waals surface area (Å²) in [4.78, 5) is 0. The minimum absolute atomic E-state index is 0.0308. The lowest BCUT2D eigenvalue weighted by molar-refractivity contribution is -0.137. The van der Waals surface area contributed by atoms with Crippen LogP contribution in [0.1, 0.15) is 45.1 Å². The quantitative estimate of drug-likeness (QED) is 0.864. The maximum Gasteiger partial charge on any atom is 0.418 e. The summed E-state index contributed by atoms with van der Waals surface area (Å²) in [6.45, 7) is 4.45. The summed E-state index contributed by atoms with van der Waals surface area (Å²) in [6.07, 6.45) is -1.40. The van der Waals surface area contributed by atoms with Crippen molar-refractivity contribution in [3.05, 3.63) is 29.8 Å². The van der Waals surface area contributed by atoms with Gasteiger partial charge in [0.2, 0.25) is 0 Å². The van der Waals surface area contributed by atoms with Crippen LogP contribution < -0.4 is 5.32 Å².